The zero-order valence-electron chi connectivity index (χ0n) is 11.6. The molecule has 0 aliphatic carbocycles. The predicted molar refractivity (Wildman–Crippen MR) is 75.6 cm³/mol. The van der Waals surface area contributed by atoms with Crippen molar-refractivity contribution >= 4 is 0 Å². The zero-order chi connectivity index (χ0) is 13.2. The molecule has 0 spiro atoms. The highest BCUT2D eigenvalue weighted by atomic mass is 16.5. The van der Waals surface area contributed by atoms with E-state index in [2.05, 4.69) is 26.0 Å². The van der Waals surface area contributed by atoms with Crippen LogP contribution in [0.25, 0.3) is 0 Å². The van der Waals surface area contributed by atoms with Gasteiger partial charge >= 0.3 is 0 Å². The van der Waals surface area contributed by atoms with Crippen molar-refractivity contribution in [2.45, 2.75) is 33.1 Å². The van der Waals surface area contributed by atoms with E-state index in [1.54, 1.807) is 0 Å². The van der Waals surface area contributed by atoms with Gasteiger partial charge in [0.05, 0.1) is 0 Å². The van der Waals surface area contributed by atoms with Crippen molar-refractivity contribution in [2.75, 3.05) is 19.8 Å². The van der Waals surface area contributed by atoms with Crippen LogP contribution in [-0.2, 0) is 11.2 Å². The number of aliphatic hydroxyl groups excluding tert-OH is 1. The molecule has 0 radical (unpaired) electrons. The van der Waals surface area contributed by atoms with E-state index in [9.17, 15) is 5.11 Å². The Kier molecular flexibility index (Phi) is 7.70. The Balaban J connectivity index is 2.18. The second-order valence-corrected chi connectivity index (χ2v) is 5.32. The van der Waals surface area contributed by atoms with Crippen LogP contribution in [0.3, 0.4) is 0 Å². The third-order valence-corrected chi connectivity index (χ3v) is 3.14. The second kappa shape index (κ2) is 9.12. The van der Waals surface area contributed by atoms with E-state index in [-0.39, 0.29) is 6.61 Å². The lowest BCUT2D eigenvalue weighted by Crippen LogP contribution is -2.13. The molecule has 2 heteroatoms. The number of aliphatic hydroxyl groups is 1. The van der Waals surface area contributed by atoms with Crippen molar-refractivity contribution in [1.29, 1.82) is 0 Å². The molecule has 1 aromatic rings. The topological polar surface area (TPSA) is 29.5 Å². The SMILES string of the molecule is CC(C)CCOCCC(CO)Cc1ccccc1. The highest BCUT2D eigenvalue weighted by molar-refractivity contribution is 5.15. The molecule has 0 saturated heterocycles. The van der Waals surface area contributed by atoms with Crippen LogP contribution in [0.5, 0.6) is 0 Å². The number of rotatable bonds is 9. The van der Waals surface area contributed by atoms with Gasteiger partial charge in [-0.15, -0.1) is 0 Å². The number of ether oxygens (including phenoxy) is 1. The van der Waals surface area contributed by atoms with E-state index in [4.69, 9.17) is 4.74 Å². The van der Waals surface area contributed by atoms with Gasteiger partial charge in [-0.3, -0.25) is 0 Å². The maximum Gasteiger partial charge on any atom is 0.0469 e. The third kappa shape index (κ3) is 6.77. The normalized spacial score (nSPS) is 12.9. The van der Waals surface area contributed by atoms with E-state index in [0.29, 0.717) is 11.8 Å². The molecule has 0 saturated carbocycles. The van der Waals surface area contributed by atoms with Crippen LogP contribution < -0.4 is 0 Å². The van der Waals surface area contributed by atoms with Crippen LogP contribution in [0.4, 0.5) is 0 Å². The summed E-state index contributed by atoms with van der Waals surface area (Å²) in [5.41, 5.74) is 1.29. The average Bonchev–Trinajstić information content (AvgIpc) is 2.38. The zero-order valence-corrected chi connectivity index (χ0v) is 11.6. The number of hydrogen-bond acceptors (Lipinski definition) is 2. The van der Waals surface area contributed by atoms with Gasteiger partial charge in [0.1, 0.15) is 0 Å². The summed E-state index contributed by atoms with van der Waals surface area (Å²) in [5, 5.41) is 9.38. The summed E-state index contributed by atoms with van der Waals surface area (Å²) >= 11 is 0. The Labute approximate surface area is 111 Å². The van der Waals surface area contributed by atoms with Gasteiger partial charge in [0, 0.05) is 19.8 Å². The van der Waals surface area contributed by atoms with E-state index >= 15 is 0 Å². The largest absolute Gasteiger partial charge is 0.396 e. The smallest absolute Gasteiger partial charge is 0.0469 e. The Morgan fingerprint density at radius 3 is 2.33 bits per heavy atom. The van der Waals surface area contributed by atoms with Gasteiger partial charge < -0.3 is 9.84 Å². The molecule has 1 unspecified atom stereocenters. The van der Waals surface area contributed by atoms with Crippen LogP contribution in [0, 0.1) is 11.8 Å². The first-order valence-corrected chi connectivity index (χ1v) is 6.95. The lowest BCUT2D eigenvalue weighted by atomic mass is 9.97. The Morgan fingerprint density at radius 2 is 1.72 bits per heavy atom. The molecule has 2 nitrogen and oxygen atoms in total. The predicted octanol–water partition coefficient (Wildman–Crippen LogP) is 3.29. The van der Waals surface area contributed by atoms with Gasteiger partial charge in [0.25, 0.3) is 0 Å². The van der Waals surface area contributed by atoms with Crippen molar-refractivity contribution in [3.63, 3.8) is 0 Å². The monoisotopic (exact) mass is 250 g/mol. The van der Waals surface area contributed by atoms with Gasteiger partial charge in [-0.1, -0.05) is 44.2 Å². The molecule has 18 heavy (non-hydrogen) atoms. The average molecular weight is 250 g/mol. The summed E-state index contributed by atoms with van der Waals surface area (Å²) in [5.74, 6) is 1.01. The molecule has 0 fully saturated rings. The van der Waals surface area contributed by atoms with Crippen LogP contribution in [0.2, 0.25) is 0 Å². The molecule has 1 aromatic carbocycles. The minimum absolute atomic E-state index is 0.239. The molecule has 0 aromatic heterocycles. The Bertz CT molecular complexity index is 295. The number of hydrogen-bond donors (Lipinski definition) is 1. The fourth-order valence-electron chi connectivity index (χ4n) is 1.88. The lowest BCUT2D eigenvalue weighted by Gasteiger charge is -2.14. The van der Waals surface area contributed by atoms with E-state index < -0.39 is 0 Å². The quantitative estimate of drug-likeness (QED) is 0.681. The van der Waals surface area contributed by atoms with E-state index in [1.165, 1.54) is 5.56 Å². The molecule has 0 aliphatic heterocycles. The maximum atomic E-state index is 9.38. The summed E-state index contributed by atoms with van der Waals surface area (Å²) in [4.78, 5) is 0. The summed E-state index contributed by atoms with van der Waals surface area (Å²) in [7, 11) is 0. The van der Waals surface area contributed by atoms with Crippen molar-refractivity contribution in [2.24, 2.45) is 11.8 Å². The fraction of sp³-hybridized carbons (Fsp3) is 0.625. The minimum Gasteiger partial charge on any atom is -0.396 e. The van der Waals surface area contributed by atoms with Crippen molar-refractivity contribution in [3.05, 3.63) is 35.9 Å². The fourth-order valence-corrected chi connectivity index (χ4v) is 1.88. The van der Waals surface area contributed by atoms with Gasteiger partial charge in [0.2, 0.25) is 0 Å². The first kappa shape index (κ1) is 15.2. The van der Waals surface area contributed by atoms with Crippen molar-refractivity contribution in [3.8, 4) is 0 Å². The first-order valence-electron chi connectivity index (χ1n) is 6.95. The molecular weight excluding hydrogens is 224 g/mol. The first-order chi connectivity index (χ1) is 8.72. The highest BCUT2D eigenvalue weighted by Crippen LogP contribution is 2.12. The van der Waals surface area contributed by atoms with Crippen LogP contribution >= 0.6 is 0 Å². The summed E-state index contributed by atoms with van der Waals surface area (Å²) in [6.45, 7) is 6.24. The van der Waals surface area contributed by atoms with Gasteiger partial charge in [0.15, 0.2) is 0 Å². The molecule has 0 aliphatic rings. The van der Waals surface area contributed by atoms with Crippen molar-refractivity contribution < 1.29 is 9.84 Å². The molecule has 102 valence electrons. The lowest BCUT2D eigenvalue weighted by molar-refractivity contribution is 0.0984. The van der Waals surface area contributed by atoms with Crippen LogP contribution in [-0.4, -0.2) is 24.9 Å². The Hall–Kier alpha value is -0.860. The molecule has 1 N–H and O–H groups in total. The molecule has 1 atom stereocenters. The van der Waals surface area contributed by atoms with E-state index in [1.807, 2.05) is 18.2 Å². The minimum atomic E-state index is 0.239. The van der Waals surface area contributed by atoms with Crippen LogP contribution in [0.1, 0.15) is 32.3 Å². The number of benzene rings is 1. The van der Waals surface area contributed by atoms with Gasteiger partial charge in [-0.25, -0.2) is 0 Å². The van der Waals surface area contributed by atoms with Gasteiger partial charge in [-0.2, -0.15) is 0 Å². The molecule has 0 heterocycles. The third-order valence-electron chi connectivity index (χ3n) is 3.14. The molecular formula is C16H26O2. The maximum absolute atomic E-state index is 9.38. The highest BCUT2D eigenvalue weighted by Gasteiger charge is 2.08. The van der Waals surface area contributed by atoms with E-state index in [0.717, 1.165) is 32.5 Å². The van der Waals surface area contributed by atoms with Crippen molar-refractivity contribution in [1.82, 2.24) is 0 Å². The molecule has 0 amide bonds. The summed E-state index contributed by atoms with van der Waals surface area (Å²) in [6.07, 6.45) is 2.98. The molecule has 0 bridgehead atoms. The second-order valence-electron chi connectivity index (χ2n) is 5.32. The Morgan fingerprint density at radius 1 is 1.06 bits per heavy atom. The summed E-state index contributed by atoms with van der Waals surface area (Å²) in [6, 6.07) is 10.3. The van der Waals surface area contributed by atoms with Crippen LogP contribution in [0.15, 0.2) is 30.3 Å². The standard InChI is InChI=1S/C16H26O2/c1-14(2)8-10-18-11-9-16(13-17)12-15-6-4-3-5-7-15/h3-7,14,16-17H,8-13H2,1-2H3. The van der Waals surface area contributed by atoms with Gasteiger partial charge in [-0.05, 0) is 36.7 Å². The molecule has 1 rings (SSSR count). The summed E-state index contributed by atoms with van der Waals surface area (Å²) < 4.78 is 5.60.